The van der Waals surface area contributed by atoms with Crippen molar-refractivity contribution >= 4 is 37.5 Å². The summed E-state index contributed by atoms with van der Waals surface area (Å²) >= 11 is 0. The van der Waals surface area contributed by atoms with E-state index in [1.807, 2.05) is 63.2 Å². The molecule has 0 aliphatic carbocycles. The maximum absolute atomic E-state index is 13.1. The molecule has 0 spiro atoms. The number of nitrogens with zero attached hydrogens (tertiary/aromatic N) is 1. The van der Waals surface area contributed by atoms with Crippen molar-refractivity contribution < 1.29 is 8.42 Å². The van der Waals surface area contributed by atoms with Gasteiger partial charge in [-0.3, -0.25) is 4.72 Å². The molecule has 28 heavy (non-hydrogen) atoms. The third-order valence-electron chi connectivity index (χ3n) is 5.21. The van der Waals surface area contributed by atoms with E-state index in [2.05, 4.69) is 28.3 Å². The lowest BCUT2D eigenvalue weighted by atomic mass is 10.1. The number of rotatable bonds is 4. The van der Waals surface area contributed by atoms with Gasteiger partial charge in [-0.1, -0.05) is 35.9 Å². The zero-order valence-electron chi connectivity index (χ0n) is 16.6. The molecule has 4 rings (SSSR count). The summed E-state index contributed by atoms with van der Waals surface area (Å²) < 4.78 is 31.2. The van der Waals surface area contributed by atoms with Gasteiger partial charge in [0.2, 0.25) is 0 Å². The molecule has 4 nitrogen and oxygen atoms in total. The van der Waals surface area contributed by atoms with E-state index in [0.29, 0.717) is 10.6 Å². The lowest BCUT2D eigenvalue weighted by Crippen LogP contribution is -2.16. The van der Waals surface area contributed by atoms with E-state index in [4.69, 9.17) is 0 Å². The van der Waals surface area contributed by atoms with Crippen LogP contribution < -0.4 is 4.72 Å². The first-order valence-corrected chi connectivity index (χ1v) is 10.9. The van der Waals surface area contributed by atoms with Crippen LogP contribution in [0.25, 0.3) is 21.8 Å². The number of fused-ring (bicyclic) bond motifs is 3. The van der Waals surface area contributed by atoms with E-state index >= 15 is 0 Å². The van der Waals surface area contributed by atoms with Crippen LogP contribution in [0.4, 0.5) is 5.69 Å². The summed E-state index contributed by atoms with van der Waals surface area (Å²) in [6, 6.07) is 17.8. The summed E-state index contributed by atoms with van der Waals surface area (Å²) in [4.78, 5) is 0.356. The number of aromatic nitrogens is 1. The van der Waals surface area contributed by atoms with Gasteiger partial charge >= 0.3 is 0 Å². The summed E-state index contributed by atoms with van der Waals surface area (Å²) in [5.41, 5.74) is 5.41. The Bertz CT molecular complexity index is 1290. The van der Waals surface area contributed by atoms with E-state index in [-0.39, 0.29) is 0 Å². The Balaban J connectivity index is 1.84. The molecule has 0 radical (unpaired) electrons. The van der Waals surface area contributed by atoms with Crippen LogP contribution in [-0.4, -0.2) is 13.0 Å². The van der Waals surface area contributed by atoms with Crippen LogP contribution in [0.2, 0.25) is 0 Å². The van der Waals surface area contributed by atoms with E-state index in [0.717, 1.165) is 45.0 Å². The molecular formula is C23H24N2O2S. The minimum atomic E-state index is -3.67. The van der Waals surface area contributed by atoms with Gasteiger partial charge in [0.1, 0.15) is 0 Å². The fourth-order valence-corrected chi connectivity index (χ4v) is 5.76. The SMILES string of the molecule is CCn1c2ccccc2c2cc(NS(=O)(=O)c3c(C)cc(C)cc3C)ccc21. The van der Waals surface area contributed by atoms with Crippen LogP contribution in [0.15, 0.2) is 59.5 Å². The van der Waals surface area contributed by atoms with Crippen molar-refractivity contribution in [3.05, 3.63) is 71.3 Å². The van der Waals surface area contributed by atoms with Gasteiger partial charge < -0.3 is 4.57 Å². The van der Waals surface area contributed by atoms with Crippen LogP contribution in [0, 0.1) is 20.8 Å². The lowest BCUT2D eigenvalue weighted by Gasteiger charge is -2.14. The number of hydrogen-bond donors (Lipinski definition) is 1. The zero-order chi connectivity index (χ0) is 20.1. The Morgan fingerprint density at radius 1 is 0.857 bits per heavy atom. The van der Waals surface area contributed by atoms with Crippen LogP contribution >= 0.6 is 0 Å². The smallest absolute Gasteiger partial charge is 0.262 e. The van der Waals surface area contributed by atoms with Gasteiger partial charge in [0, 0.05) is 34.0 Å². The number of anilines is 1. The predicted octanol–water partition coefficient (Wildman–Crippen LogP) is 5.54. The first-order chi connectivity index (χ1) is 13.3. The molecule has 1 aromatic heterocycles. The molecule has 1 heterocycles. The molecule has 0 fully saturated rings. The number of aryl methyl sites for hydroxylation is 4. The van der Waals surface area contributed by atoms with Crippen molar-refractivity contribution in [3.8, 4) is 0 Å². The van der Waals surface area contributed by atoms with Gasteiger partial charge in [-0.15, -0.1) is 0 Å². The summed E-state index contributed by atoms with van der Waals surface area (Å²) in [5, 5.41) is 2.18. The standard InChI is InChI=1S/C23H24N2O2S/c1-5-25-21-9-7-6-8-19(21)20-14-18(10-11-22(20)25)24-28(26,27)23-16(3)12-15(2)13-17(23)4/h6-14,24H,5H2,1-4H3. The third kappa shape index (κ3) is 2.96. The minimum absolute atomic E-state index is 0.356. The quantitative estimate of drug-likeness (QED) is 0.496. The van der Waals surface area contributed by atoms with Gasteiger partial charge in [0.15, 0.2) is 0 Å². The fraction of sp³-hybridized carbons (Fsp3) is 0.217. The van der Waals surface area contributed by atoms with Crippen LogP contribution in [0.3, 0.4) is 0 Å². The monoisotopic (exact) mass is 392 g/mol. The second-order valence-electron chi connectivity index (χ2n) is 7.33. The molecule has 0 aliphatic rings. The van der Waals surface area contributed by atoms with E-state index in [1.54, 1.807) is 0 Å². The first-order valence-electron chi connectivity index (χ1n) is 9.43. The van der Waals surface area contributed by atoms with Crippen molar-refractivity contribution in [2.24, 2.45) is 0 Å². The molecule has 0 saturated heterocycles. The maximum atomic E-state index is 13.1. The Labute approximate surface area is 165 Å². The minimum Gasteiger partial charge on any atom is -0.341 e. The highest BCUT2D eigenvalue weighted by atomic mass is 32.2. The summed E-state index contributed by atoms with van der Waals surface area (Å²) in [5.74, 6) is 0. The number of nitrogens with one attached hydrogen (secondary N) is 1. The second-order valence-corrected chi connectivity index (χ2v) is 8.95. The molecular weight excluding hydrogens is 368 g/mol. The highest BCUT2D eigenvalue weighted by Gasteiger charge is 2.20. The van der Waals surface area contributed by atoms with Gasteiger partial charge in [-0.25, -0.2) is 8.42 Å². The van der Waals surface area contributed by atoms with E-state index in [1.165, 1.54) is 0 Å². The highest BCUT2D eigenvalue weighted by molar-refractivity contribution is 7.92. The van der Waals surface area contributed by atoms with Crippen molar-refractivity contribution in [3.63, 3.8) is 0 Å². The van der Waals surface area contributed by atoms with E-state index in [9.17, 15) is 8.42 Å². The van der Waals surface area contributed by atoms with Crippen LogP contribution in [0.5, 0.6) is 0 Å². The first kappa shape index (κ1) is 18.6. The number of para-hydroxylation sites is 1. The fourth-order valence-electron chi connectivity index (χ4n) is 4.25. The molecule has 144 valence electrons. The average Bonchev–Trinajstić information content (AvgIpc) is 2.93. The van der Waals surface area contributed by atoms with Gasteiger partial charge in [-0.2, -0.15) is 0 Å². The summed E-state index contributed by atoms with van der Waals surface area (Å²) in [7, 11) is -3.67. The second kappa shape index (κ2) is 6.67. The normalized spacial score (nSPS) is 12.0. The Hall–Kier alpha value is -2.79. The lowest BCUT2D eigenvalue weighted by molar-refractivity contribution is 0.600. The molecule has 0 amide bonds. The number of sulfonamides is 1. The molecule has 0 aliphatic heterocycles. The molecule has 3 aromatic carbocycles. The molecule has 1 N–H and O–H groups in total. The van der Waals surface area contributed by atoms with Crippen LogP contribution in [-0.2, 0) is 16.6 Å². The van der Waals surface area contributed by atoms with Gasteiger partial charge in [-0.05, 0) is 63.1 Å². The van der Waals surface area contributed by atoms with Gasteiger partial charge in [0.25, 0.3) is 10.0 Å². The van der Waals surface area contributed by atoms with Crippen LogP contribution in [0.1, 0.15) is 23.6 Å². The summed E-state index contributed by atoms with van der Waals surface area (Å²) in [6.45, 7) is 8.63. The predicted molar refractivity (Wildman–Crippen MR) is 117 cm³/mol. The molecule has 5 heteroatoms. The zero-order valence-corrected chi connectivity index (χ0v) is 17.4. The largest absolute Gasteiger partial charge is 0.341 e. The molecule has 0 unspecified atom stereocenters. The third-order valence-corrected chi connectivity index (χ3v) is 6.90. The van der Waals surface area contributed by atoms with Crippen molar-refractivity contribution in [2.45, 2.75) is 39.1 Å². The van der Waals surface area contributed by atoms with Gasteiger partial charge in [0.05, 0.1) is 4.90 Å². The maximum Gasteiger partial charge on any atom is 0.262 e. The average molecular weight is 393 g/mol. The van der Waals surface area contributed by atoms with Crippen molar-refractivity contribution in [1.29, 1.82) is 0 Å². The molecule has 4 aromatic rings. The molecule has 0 atom stereocenters. The Kier molecular flexibility index (Phi) is 4.42. The topological polar surface area (TPSA) is 51.1 Å². The Morgan fingerprint density at radius 3 is 2.18 bits per heavy atom. The molecule has 0 saturated carbocycles. The highest BCUT2D eigenvalue weighted by Crippen LogP contribution is 2.32. The molecule has 0 bridgehead atoms. The summed E-state index contributed by atoms with van der Waals surface area (Å²) in [6.07, 6.45) is 0. The van der Waals surface area contributed by atoms with Crippen molar-refractivity contribution in [1.82, 2.24) is 4.57 Å². The number of benzene rings is 3. The van der Waals surface area contributed by atoms with Crippen molar-refractivity contribution in [2.75, 3.05) is 4.72 Å². The van der Waals surface area contributed by atoms with E-state index < -0.39 is 10.0 Å². The number of hydrogen-bond acceptors (Lipinski definition) is 2. The Morgan fingerprint density at radius 2 is 1.50 bits per heavy atom.